The van der Waals surface area contributed by atoms with Gasteiger partial charge in [0.05, 0.1) is 22.4 Å². The quantitative estimate of drug-likeness (QED) is 0.777. The molecule has 6 nitrogen and oxygen atoms in total. The van der Waals surface area contributed by atoms with E-state index in [9.17, 15) is 22.0 Å². The monoisotopic (exact) mass is 420 g/mol. The second-order valence-electron chi connectivity index (χ2n) is 6.80. The maximum atomic E-state index is 14.0. The van der Waals surface area contributed by atoms with Gasteiger partial charge in [-0.3, -0.25) is 4.79 Å². The lowest BCUT2D eigenvalue weighted by Gasteiger charge is -2.14. The molecule has 9 heteroatoms. The Morgan fingerprint density at radius 2 is 1.97 bits per heavy atom. The zero-order chi connectivity index (χ0) is 20.6. The Balaban J connectivity index is 1.71. The van der Waals surface area contributed by atoms with Crippen molar-refractivity contribution in [1.82, 2.24) is 5.32 Å². The standard InChI is InChI=1S/C20H18F2N2O4S/c21-12-7-8-16(15(22)10-12)24-20(25)19-18(23-11-13-4-3-9-28-13)14-5-1-2-6-17(14)29(19,26)27/h1-2,5-8,10,13,23H,3-4,9,11H2,(H,24,25). The van der Waals surface area contributed by atoms with Gasteiger partial charge in [-0.1, -0.05) is 18.2 Å². The summed E-state index contributed by atoms with van der Waals surface area (Å²) in [6.07, 6.45) is 1.66. The van der Waals surface area contributed by atoms with Crippen LogP contribution in [0.15, 0.2) is 52.3 Å². The molecule has 1 fully saturated rings. The van der Waals surface area contributed by atoms with Crippen LogP contribution in [-0.4, -0.2) is 33.6 Å². The van der Waals surface area contributed by atoms with Crippen molar-refractivity contribution >= 4 is 27.1 Å². The van der Waals surface area contributed by atoms with Crippen molar-refractivity contribution in [1.29, 1.82) is 0 Å². The van der Waals surface area contributed by atoms with Crippen molar-refractivity contribution in [3.63, 3.8) is 0 Å². The summed E-state index contributed by atoms with van der Waals surface area (Å²) in [6.45, 7) is 0.971. The highest BCUT2D eigenvalue weighted by Crippen LogP contribution is 2.38. The Labute approximate surface area is 166 Å². The number of benzene rings is 2. The van der Waals surface area contributed by atoms with Crippen molar-refractivity contribution in [3.05, 3.63) is 64.6 Å². The van der Waals surface area contributed by atoms with Crippen molar-refractivity contribution in [2.75, 3.05) is 18.5 Å². The summed E-state index contributed by atoms with van der Waals surface area (Å²) < 4.78 is 58.7. The van der Waals surface area contributed by atoms with E-state index in [0.29, 0.717) is 24.8 Å². The number of sulfone groups is 1. The molecule has 2 heterocycles. The van der Waals surface area contributed by atoms with Crippen molar-refractivity contribution in [3.8, 4) is 0 Å². The molecule has 2 aromatic rings. The van der Waals surface area contributed by atoms with Gasteiger partial charge in [0.1, 0.15) is 11.6 Å². The first-order valence-corrected chi connectivity index (χ1v) is 10.6. The summed E-state index contributed by atoms with van der Waals surface area (Å²) in [6, 6.07) is 8.87. The molecule has 152 valence electrons. The van der Waals surface area contributed by atoms with Gasteiger partial charge in [0.2, 0.25) is 9.84 Å². The normalized spacial score (nSPS) is 19.9. The number of halogens is 2. The zero-order valence-electron chi connectivity index (χ0n) is 15.2. The molecule has 0 bridgehead atoms. The Morgan fingerprint density at radius 1 is 1.17 bits per heavy atom. The molecule has 4 rings (SSSR count). The number of hydrogen-bond donors (Lipinski definition) is 2. The largest absolute Gasteiger partial charge is 0.381 e. The maximum Gasteiger partial charge on any atom is 0.269 e. The van der Waals surface area contributed by atoms with Gasteiger partial charge in [-0.05, 0) is 31.0 Å². The summed E-state index contributed by atoms with van der Waals surface area (Å²) >= 11 is 0. The molecule has 2 aromatic carbocycles. The van der Waals surface area contributed by atoms with Crippen LogP contribution in [0.3, 0.4) is 0 Å². The minimum absolute atomic E-state index is 0.000400. The number of carbonyl (C=O) groups is 1. The van der Waals surface area contributed by atoms with Crippen molar-refractivity contribution in [2.45, 2.75) is 23.8 Å². The minimum atomic E-state index is -4.11. The van der Waals surface area contributed by atoms with Crippen LogP contribution in [0.1, 0.15) is 18.4 Å². The van der Waals surface area contributed by atoms with E-state index in [-0.39, 0.29) is 22.4 Å². The maximum absolute atomic E-state index is 14.0. The Kier molecular flexibility index (Phi) is 5.10. The van der Waals surface area contributed by atoms with Crippen LogP contribution >= 0.6 is 0 Å². The molecule has 0 spiro atoms. The molecule has 2 aliphatic heterocycles. The molecule has 0 aromatic heterocycles. The van der Waals surface area contributed by atoms with Crippen LogP contribution in [0, 0.1) is 11.6 Å². The minimum Gasteiger partial charge on any atom is -0.381 e. The molecule has 0 saturated carbocycles. The fourth-order valence-electron chi connectivity index (χ4n) is 3.48. The fraction of sp³-hybridized carbons (Fsp3) is 0.250. The van der Waals surface area contributed by atoms with Gasteiger partial charge in [-0.2, -0.15) is 0 Å². The molecule has 29 heavy (non-hydrogen) atoms. The van der Waals surface area contributed by atoms with Crippen LogP contribution in [0.5, 0.6) is 0 Å². The number of fused-ring (bicyclic) bond motifs is 1. The van der Waals surface area contributed by atoms with Gasteiger partial charge in [0.25, 0.3) is 5.91 Å². The van der Waals surface area contributed by atoms with Gasteiger partial charge < -0.3 is 15.4 Å². The second kappa shape index (κ2) is 7.57. The summed E-state index contributed by atoms with van der Waals surface area (Å²) in [5, 5.41) is 5.28. The van der Waals surface area contributed by atoms with Crippen LogP contribution in [-0.2, 0) is 19.4 Å². The first kappa shape index (κ1) is 19.5. The summed E-state index contributed by atoms with van der Waals surface area (Å²) in [5.41, 5.74) is 0.208. The third-order valence-electron chi connectivity index (χ3n) is 4.86. The lowest BCUT2D eigenvalue weighted by Crippen LogP contribution is -2.28. The number of nitrogens with one attached hydrogen (secondary N) is 2. The van der Waals surface area contributed by atoms with Crippen LogP contribution < -0.4 is 10.6 Å². The van der Waals surface area contributed by atoms with E-state index < -0.39 is 32.3 Å². The topological polar surface area (TPSA) is 84.5 Å². The number of anilines is 1. The lowest BCUT2D eigenvalue weighted by atomic mass is 10.1. The van der Waals surface area contributed by atoms with Crippen LogP contribution in [0.4, 0.5) is 14.5 Å². The smallest absolute Gasteiger partial charge is 0.269 e. The number of hydrogen-bond acceptors (Lipinski definition) is 5. The van der Waals surface area contributed by atoms with Crippen LogP contribution in [0.25, 0.3) is 5.70 Å². The molecule has 1 saturated heterocycles. The van der Waals surface area contributed by atoms with E-state index in [1.165, 1.54) is 6.07 Å². The molecular weight excluding hydrogens is 402 g/mol. The first-order chi connectivity index (χ1) is 13.9. The molecule has 1 atom stereocenters. The molecule has 1 amide bonds. The molecule has 2 N–H and O–H groups in total. The van der Waals surface area contributed by atoms with Crippen molar-refractivity contribution < 1.29 is 26.7 Å². The number of carbonyl (C=O) groups excluding carboxylic acids is 1. The van der Waals surface area contributed by atoms with E-state index in [1.807, 2.05) is 0 Å². The third-order valence-corrected chi connectivity index (χ3v) is 6.72. The predicted octanol–water partition coefficient (Wildman–Crippen LogP) is 2.83. The van der Waals surface area contributed by atoms with E-state index in [2.05, 4.69) is 10.6 Å². The Bertz CT molecular complexity index is 1110. The van der Waals surface area contributed by atoms with Crippen molar-refractivity contribution in [2.24, 2.45) is 0 Å². The predicted molar refractivity (Wildman–Crippen MR) is 103 cm³/mol. The highest BCUT2D eigenvalue weighted by molar-refractivity contribution is 7.97. The van der Waals surface area contributed by atoms with Gasteiger partial charge in [-0.15, -0.1) is 0 Å². The molecule has 1 unspecified atom stereocenters. The van der Waals surface area contributed by atoms with Gasteiger partial charge in [0.15, 0.2) is 4.91 Å². The van der Waals surface area contributed by atoms with E-state index in [4.69, 9.17) is 4.74 Å². The average Bonchev–Trinajstić information content (AvgIpc) is 3.27. The van der Waals surface area contributed by atoms with E-state index in [0.717, 1.165) is 25.0 Å². The average molecular weight is 420 g/mol. The number of ether oxygens (including phenoxy) is 1. The summed E-state index contributed by atoms with van der Waals surface area (Å²) in [5.74, 6) is -2.80. The van der Waals surface area contributed by atoms with Gasteiger partial charge >= 0.3 is 0 Å². The zero-order valence-corrected chi connectivity index (χ0v) is 16.1. The Morgan fingerprint density at radius 3 is 2.69 bits per heavy atom. The lowest BCUT2D eigenvalue weighted by molar-refractivity contribution is -0.112. The molecule has 2 aliphatic rings. The van der Waals surface area contributed by atoms with Gasteiger partial charge in [-0.25, -0.2) is 17.2 Å². The summed E-state index contributed by atoms with van der Waals surface area (Å²) in [4.78, 5) is 12.4. The number of rotatable bonds is 5. The number of amides is 1. The molecule has 0 radical (unpaired) electrons. The van der Waals surface area contributed by atoms with Gasteiger partial charge in [0, 0.05) is 24.8 Å². The third kappa shape index (κ3) is 3.63. The highest BCUT2D eigenvalue weighted by Gasteiger charge is 2.40. The first-order valence-electron chi connectivity index (χ1n) is 9.08. The van der Waals surface area contributed by atoms with E-state index >= 15 is 0 Å². The Hall–Kier alpha value is -2.78. The van der Waals surface area contributed by atoms with Crippen LogP contribution in [0.2, 0.25) is 0 Å². The fourth-order valence-corrected chi connectivity index (χ4v) is 5.16. The summed E-state index contributed by atoms with van der Waals surface area (Å²) in [7, 11) is -4.11. The molecular formula is C20H18F2N2O4S. The SMILES string of the molecule is O=C(Nc1ccc(F)cc1F)C1=C(NCC2CCCO2)c2ccccc2S1(=O)=O. The van der Waals surface area contributed by atoms with E-state index in [1.54, 1.807) is 18.2 Å². The highest BCUT2D eigenvalue weighted by atomic mass is 32.2. The second-order valence-corrected chi connectivity index (χ2v) is 8.65. The molecule has 0 aliphatic carbocycles.